The predicted octanol–water partition coefficient (Wildman–Crippen LogP) is 3.13. The van der Waals surface area contributed by atoms with E-state index in [1.807, 2.05) is 31.1 Å². The fraction of sp³-hybridized carbons (Fsp3) is 0.684. The Labute approximate surface area is 146 Å². The number of amides is 2. The zero-order valence-corrected chi connectivity index (χ0v) is 15.2. The van der Waals surface area contributed by atoms with Crippen molar-refractivity contribution < 1.29 is 4.79 Å². The molecule has 0 bridgehead atoms. The van der Waals surface area contributed by atoms with Gasteiger partial charge < -0.3 is 15.1 Å². The van der Waals surface area contributed by atoms with Crippen LogP contribution in [0, 0.1) is 5.92 Å². The van der Waals surface area contributed by atoms with Crippen LogP contribution in [0.15, 0.2) is 24.5 Å². The van der Waals surface area contributed by atoms with Crippen LogP contribution in [0.5, 0.6) is 0 Å². The van der Waals surface area contributed by atoms with Gasteiger partial charge in [0.2, 0.25) is 0 Å². The van der Waals surface area contributed by atoms with E-state index in [1.54, 1.807) is 12.4 Å². The first-order chi connectivity index (χ1) is 11.6. The van der Waals surface area contributed by atoms with E-state index in [0.29, 0.717) is 6.54 Å². The molecule has 2 amide bonds. The Balaban J connectivity index is 1.82. The number of aromatic nitrogens is 1. The third-order valence-electron chi connectivity index (χ3n) is 4.83. The molecule has 134 valence electrons. The van der Waals surface area contributed by atoms with Crippen molar-refractivity contribution in [1.29, 1.82) is 0 Å². The Morgan fingerprint density at radius 1 is 1.12 bits per heavy atom. The van der Waals surface area contributed by atoms with E-state index in [1.165, 1.54) is 32.1 Å². The van der Waals surface area contributed by atoms with E-state index in [4.69, 9.17) is 0 Å². The van der Waals surface area contributed by atoms with Crippen molar-refractivity contribution in [1.82, 2.24) is 20.1 Å². The number of carbonyl (C=O) groups is 1. The summed E-state index contributed by atoms with van der Waals surface area (Å²) in [5.74, 6) is 0.800. The minimum atomic E-state index is 0.0458. The molecule has 0 saturated heterocycles. The van der Waals surface area contributed by atoms with Gasteiger partial charge in [0.1, 0.15) is 0 Å². The summed E-state index contributed by atoms with van der Waals surface area (Å²) in [6.45, 7) is 3.10. The van der Waals surface area contributed by atoms with Crippen molar-refractivity contribution in [3.05, 3.63) is 30.1 Å². The Bertz CT molecular complexity index is 472. The number of urea groups is 1. The molecule has 1 N–H and O–H groups in total. The summed E-state index contributed by atoms with van der Waals surface area (Å²) < 4.78 is 0. The van der Waals surface area contributed by atoms with Crippen LogP contribution in [-0.4, -0.2) is 54.5 Å². The van der Waals surface area contributed by atoms with Crippen molar-refractivity contribution in [2.75, 3.05) is 33.7 Å². The van der Waals surface area contributed by atoms with Gasteiger partial charge in [-0.3, -0.25) is 4.98 Å². The largest absolute Gasteiger partial charge is 0.334 e. The molecule has 24 heavy (non-hydrogen) atoms. The minimum Gasteiger partial charge on any atom is -0.334 e. The lowest BCUT2D eigenvalue weighted by Crippen LogP contribution is -2.43. The summed E-state index contributed by atoms with van der Waals surface area (Å²) in [6, 6.07) is 3.92. The molecule has 0 atom stereocenters. The van der Waals surface area contributed by atoms with E-state index in [2.05, 4.69) is 15.2 Å². The second-order valence-corrected chi connectivity index (χ2v) is 7.10. The normalized spacial score (nSPS) is 15.5. The van der Waals surface area contributed by atoms with E-state index in [9.17, 15) is 4.79 Å². The molecule has 1 aromatic heterocycles. The van der Waals surface area contributed by atoms with Crippen molar-refractivity contribution in [2.24, 2.45) is 5.92 Å². The van der Waals surface area contributed by atoms with Gasteiger partial charge in [-0.05, 0) is 44.1 Å². The summed E-state index contributed by atoms with van der Waals surface area (Å²) in [7, 11) is 4.10. The predicted molar refractivity (Wildman–Crippen MR) is 97.8 cm³/mol. The van der Waals surface area contributed by atoms with Crippen LogP contribution < -0.4 is 5.32 Å². The van der Waals surface area contributed by atoms with Gasteiger partial charge in [-0.1, -0.05) is 32.1 Å². The molecule has 2 rings (SSSR count). The second-order valence-electron chi connectivity index (χ2n) is 7.10. The molecular formula is C19H32N4O. The Morgan fingerprint density at radius 3 is 2.50 bits per heavy atom. The van der Waals surface area contributed by atoms with E-state index in [-0.39, 0.29) is 6.03 Å². The third-order valence-corrected chi connectivity index (χ3v) is 4.83. The zero-order chi connectivity index (χ0) is 17.2. The van der Waals surface area contributed by atoms with Gasteiger partial charge in [0.25, 0.3) is 0 Å². The molecule has 1 aliphatic carbocycles. The highest BCUT2D eigenvalue weighted by atomic mass is 16.2. The van der Waals surface area contributed by atoms with Crippen LogP contribution in [0.2, 0.25) is 0 Å². The number of hydrogen-bond acceptors (Lipinski definition) is 3. The van der Waals surface area contributed by atoms with E-state index >= 15 is 0 Å². The number of carbonyl (C=O) groups excluding carboxylic acids is 1. The number of nitrogens with one attached hydrogen (secondary N) is 1. The van der Waals surface area contributed by atoms with Gasteiger partial charge in [0.15, 0.2) is 0 Å². The van der Waals surface area contributed by atoms with Gasteiger partial charge >= 0.3 is 6.03 Å². The van der Waals surface area contributed by atoms with Crippen LogP contribution in [0.3, 0.4) is 0 Å². The molecule has 1 aliphatic rings. The first-order valence-corrected chi connectivity index (χ1v) is 9.21. The molecule has 0 radical (unpaired) electrons. The zero-order valence-electron chi connectivity index (χ0n) is 15.2. The van der Waals surface area contributed by atoms with Crippen LogP contribution in [0.1, 0.15) is 44.1 Å². The summed E-state index contributed by atoms with van der Waals surface area (Å²) in [5.41, 5.74) is 1.08. The fourth-order valence-corrected chi connectivity index (χ4v) is 3.24. The average Bonchev–Trinajstić information content (AvgIpc) is 2.61. The molecule has 1 fully saturated rings. The number of pyridine rings is 1. The smallest absolute Gasteiger partial charge is 0.317 e. The molecule has 5 nitrogen and oxygen atoms in total. The molecule has 0 spiro atoms. The molecule has 1 saturated carbocycles. The average molecular weight is 332 g/mol. The molecule has 1 heterocycles. The summed E-state index contributed by atoms with van der Waals surface area (Å²) in [6.07, 6.45) is 11.4. The standard InChI is InChI=1S/C19H32N4O/c1-22(2)14-15-23(13-10-17-6-4-3-5-7-17)19(24)21-16-18-8-11-20-12-9-18/h8-9,11-12,17H,3-7,10,13-16H2,1-2H3,(H,21,24). The van der Waals surface area contributed by atoms with Gasteiger partial charge in [0.05, 0.1) is 0 Å². The number of nitrogens with zero attached hydrogens (tertiary/aromatic N) is 3. The summed E-state index contributed by atoms with van der Waals surface area (Å²) in [5, 5.41) is 3.05. The lowest BCUT2D eigenvalue weighted by atomic mass is 9.87. The monoisotopic (exact) mass is 332 g/mol. The number of rotatable bonds is 8. The fourth-order valence-electron chi connectivity index (χ4n) is 3.24. The maximum atomic E-state index is 12.6. The van der Waals surface area contributed by atoms with E-state index in [0.717, 1.165) is 37.5 Å². The topological polar surface area (TPSA) is 48.5 Å². The Morgan fingerprint density at radius 2 is 1.83 bits per heavy atom. The van der Waals surface area contributed by atoms with Crippen LogP contribution in [-0.2, 0) is 6.54 Å². The van der Waals surface area contributed by atoms with Crippen molar-refractivity contribution in [3.63, 3.8) is 0 Å². The molecule has 0 aromatic carbocycles. The Kier molecular flexibility index (Phi) is 8.02. The lowest BCUT2D eigenvalue weighted by Gasteiger charge is -2.28. The van der Waals surface area contributed by atoms with Gasteiger partial charge in [-0.15, -0.1) is 0 Å². The van der Waals surface area contributed by atoms with Crippen molar-refractivity contribution in [2.45, 2.75) is 45.1 Å². The van der Waals surface area contributed by atoms with Crippen molar-refractivity contribution in [3.8, 4) is 0 Å². The summed E-state index contributed by atoms with van der Waals surface area (Å²) in [4.78, 5) is 20.7. The van der Waals surface area contributed by atoms with Crippen molar-refractivity contribution >= 4 is 6.03 Å². The quantitative estimate of drug-likeness (QED) is 0.796. The minimum absolute atomic E-state index is 0.0458. The second kappa shape index (κ2) is 10.3. The third kappa shape index (κ3) is 6.87. The van der Waals surface area contributed by atoms with Crippen LogP contribution in [0.25, 0.3) is 0 Å². The number of hydrogen-bond donors (Lipinski definition) is 1. The Hall–Kier alpha value is -1.62. The van der Waals surface area contributed by atoms with E-state index < -0.39 is 0 Å². The SMILES string of the molecule is CN(C)CCN(CCC1CCCCC1)C(=O)NCc1ccncc1. The number of likely N-dealkylation sites (N-methyl/N-ethyl adjacent to an activating group) is 1. The van der Waals surface area contributed by atoms with Crippen LogP contribution in [0.4, 0.5) is 4.79 Å². The van der Waals surface area contributed by atoms with Gasteiger partial charge in [-0.25, -0.2) is 4.79 Å². The maximum Gasteiger partial charge on any atom is 0.317 e. The highest BCUT2D eigenvalue weighted by Gasteiger charge is 2.18. The molecule has 5 heteroatoms. The first kappa shape index (κ1) is 18.7. The highest BCUT2D eigenvalue weighted by Crippen LogP contribution is 2.26. The molecular weight excluding hydrogens is 300 g/mol. The highest BCUT2D eigenvalue weighted by molar-refractivity contribution is 5.74. The lowest BCUT2D eigenvalue weighted by molar-refractivity contribution is 0.183. The summed E-state index contributed by atoms with van der Waals surface area (Å²) >= 11 is 0. The first-order valence-electron chi connectivity index (χ1n) is 9.21. The molecule has 0 aliphatic heterocycles. The molecule has 0 unspecified atom stereocenters. The van der Waals surface area contributed by atoms with Gasteiger partial charge in [0, 0.05) is 38.6 Å². The maximum absolute atomic E-state index is 12.6. The molecule has 1 aromatic rings. The van der Waals surface area contributed by atoms with Crippen LogP contribution >= 0.6 is 0 Å². The van der Waals surface area contributed by atoms with Gasteiger partial charge in [-0.2, -0.15) is 0 Å².